The maximum absolute atomic E-state index is 12.4. The van der Waals surface area contributed by atoms with Crippen molar-refractivity contribution in [2.75, 3.05) is 33.4 Å². The topological polar surface area (TPSA) is 59.1 Å². The lowest BCUT2D eigenvalue weighted by Gasteiger charge is -2.37. The lowest BCUT2D eigenvalue weighted by atomic mass is 10.0. The van der Waals surface area contributed by atoms with Crippen molar-refractivity contribution in [3.63, 3.8) is 0 Å². The van der Waals surface area contributed by atoms with Crippen LogP contribution in [-0.4, -0.2) is 61.0 Å². The van der Waals surface area contributed by atoms with Crippen molar-refractivity contribution in [1.82, 2.24) is 9.80 Å². The highest BCUT2D eigenvalue weighted by Gasteiger charge is 2.32. The Morgan fingerprint density at radius 2 is 2.08 bits per heavy atom. The summed E-state index contributed by atoms with van der Waals surface area (Å²) in [7, 11) is 1.60. The zero-order chi connectivity index (χ0) is 16.9. The summed E-state index contributed by atoms with van der Waals surface area (Å²) < 4.78 is 10.7. The van der Waals surface area contributed by atoms with Crippen LogP contribution >= 0.6 is 0 Å². The van der Waals surface area contributed by atoms with Crippen molar-refractivity contribution in [2.24, 2.45) is 0 Å². The van der Waals surface area contributed by atoms with Gasteiger partial charge in [-0.25, -0.2) is 0 Å². The molecule has 0 aliphatic carbocycles. The number of likely N-dealkylation sites (tertiary alicyclic amines) is 2. The second-order valence-electron chi connectivity index (χ2n) is 6.29. The number of nitrogens with zero attached hydrogens (tertiary/aromatic N) is 2. The number of ether oxygens (including phenoxy) is 2. The molecule has 2 saturated heterocycles. The van der Waals surface area contributed by atoms with Crippen molar-refractivity contribution in [2.45, 2.75) is 31.7 Å². The predicted molar refractivity (Wildman–Crippen MR) is 89.0 cm³/mol. The SMILES string of the molecule is COc1cccc(OCC(=O)N2CCCC(N3CCCC3=O)C2)c1. The van der Waals surface area contributed by atoms with Crippen LogP contribution in [0.5, 0.6) is 11.5 Å². The van der Waals surface area contributed by atoms with E-state index in [2.05, 4.69) is 0 Å². The second-order valence-corrected chi connectivity index (χ2v) is 6.29. The average Bonchev–Trinajstić information content (AvgIpc) is 3.06. The fourth-order valence-electron chi connectivity index (χ4n) is 3.42. The summed E-state index contributed by atoms with van der Waals surface area (Å²) in [6, 6.07) is 7.38. The summed E-state index contributed by atoms with van der Waals surface area (Å²) in [5, 5.41) is 0. The molecule has 0 N–H and O–H groups in total. The minimum atomic E-state index is -0.0332. The largest absolute Gasteiger partial charge is 0.497 e. The summed E-state index contributed by atoms with van der Waals surface area (Å²) >= 11 is 0. The van der Waals surface area contributed by atoms with E-state index in [1.807, 2.05) is 21.9 Å². The van der Waals surface area contributed by atoms with Crippen LogP contribution in [0, 0.1) is 0 Å². The number of benzene rings is 1. The Morgan fingerprint density at radius 1 is 1.25 bits per heavy atom. The van der Waals surface area contributed by atoms with Crippen LogP contribution in [0.4, 0.5) is 0 Å². The summed E-state index contributed by atoms with van der Waals surface area (Å²) in [5.74, 6) is 1.51. The smallest absolute Gasteiger partial charge is 0.260 e. The Kier molecular flexibility index (Phi) is 5.23. The first-order chi connectivity index (χ1) is 11.7. The van der Waals surface area contributed by atoms with Gasteiger partial charge < -0.3 is 19.3 Å². The second kappa shape index (κ2) is 7.55. The van der Waals surface area contributed by atoms with E-state index in [0.717, 1.165) is 32.4 Å². The normalized spacial score (nSPS) is 21.0. The average molecular weight is 332 g/mol. The van der Waals surface area contributed by atoms with Crippen molar-refractivity contribution < 1.29 is 19.1 Å². The van der Waals surface area contributed by atoms with Gasteiger partial charge in [0.15, 0.2) is 6.61 Å². The summed E-state index contributed by atoms with van der Waals surface area (Å²) in [4.78, 5) is 28.1. The van der Waals surface area contributed by atoms with Gasteiger partial charge in [0.05, 0.1) is 7.11 Å². The van der Waals surface area contributed by atoms with E-state index in [0.29, 0.717) is 24.5 Å². The Bertz CT molecular complexity index is 604. The molecule has 1 aromatic carbocycles. The first kappa shape index (κ1) is 16.6. The summed E-state index contributed by atoms with van der Waals surface area (Å²) in [6.07, 6.45) is 3.48. The van der Waals surface area contributed by atoms with E-state index in [1.165, 1.54) is 0 Å². The third kappa shape index (κ3) is 3.80. The molecule has 2 aliphatic rings. The van der Waals surface area contributed by atoms with E-state index in [4.69, 9.17) is 9.47 Å². The maximum Gasteiger partial charge on any atom is 0.260 e. The Hall–Kier alpha value is -2.24. The van der Waals surface area contributed by atoms with E-state index in [-0.39, 0.29) is 24.5 Å². The number of carbonyl (C=O) groups is 2. The molecule has 6 nitrogen and oxygen atoms in total. The molecule has 0 aromatic heterocycles. The molecule has 0 saturated carbocycles. The Labute approximate surface area is 142 Å². The van der Waals surface area contributed by atoms with Gasteiger partial charge in [-0.2, -0.15) is 0 Å². The molecule has 2 amide bonds. The van der Waals surface area contributed by atoms with E-state index >= 15 is 0 Å². The van der Waals surface area contributed by atoms with Gasteiger partial charge in [-0.1, -0.05) is 6.07 Å². The van der Waals surface area contributed by atoms with Crippen molar-refractivity contribution in [3.05, 3.63) is 24.3 Å². The minimum Gasteiger partial charge on any atom is -0.497 e. The highest BCUT2D eigenvalue weighted by Crippen LogP contribution is 2.22. The third-order valence-electron chi connectivity index (χ3n) is 4.70. The molecule has 1 atom stereocenters. The van der Waals surface area contributed by atoms with Crippen LogP contribution < -0.4 is 9.47 Å². The zero-order valence-corrected chi connectivity index (χ0v) is 14.1. The summed E-state index contributed by atoms with van der Waals surface area (Å²) in [6.45, 7) is 2.19. The van der Waals surface area contributed by atoms with Crippen LogP contribution in [0.3, 0.4) is 0 Å². The zero-order valence-electron chi connectivity index (χ0n) is 14.1. The van der Waals surface area contributed by atoms with Gasteiger partial charge in [-0.3, -0.25) is 9.59 Å². The molecule has 2 heterocycles. The molecule has 0 radical (unpaired) electrons. The van der Waals surface area contributed by atoms with Gasteiger partial charge in [-0.15, -0.1) is 0 Å². The minimum absolute atomic E-state index is 0.00777. The van der Waals surface area contributed by atoms with E-state index in [1.54, 1.807) is 19.2 Å². The molecule has 2 fully saturated rings. The quantitative estimate of drug-likeness (QED) is 0.823. The first-order valence-corrected chi connectivity index (χ1v) is 8.51. The number of piperidine rings is 1. The van der Waals surface area contributed by atoms with Gasteiger partial charge in [0.2, 0.25) is 5.91 Å². The molecule has 24 heavy (non-hydrogen) atoms. The monoisotopic (exact) mass is 332 g/mol. The Balaban J connectivity index is 1.53. The number of carbonyl (C=O) groups excluding carboxylic acids is 2. The first-order valence-electron chi connectivity index (χ1n) is 8.51. The predicted octanol–water partition coefficient (Wildman–Crippen LogP) is 1.69. The standard InChI is InChI=1S/C18H24N2O4/c1-23-15-6-2-7-16(11-15)24-13-18(22)19-9-3-5-14(12-19)20-10-4-8-17(20)21/h2,6-7,11,14H,3-5,8-10,12-13H2,1H3. The van der Waals surface area contributed by atoms with Gasteiger partial charge in [-0.05, 0) is 31.4 Å². The van der Waals surface area contributed by atoms with Crippen molar-refractivity contribution in [3.8, 4) is 11.5 Å². The lowest BCUT2D eigenvalue weighted by molar-refractivity contribution is -0.138. The van der Waals surface area contributed by atoms with Crippen LogP contribution in [0.25, 0.3) is 0 Å². The molecule has 1 unspecified atom stereocenters. The highest BCUT2D eigenvalue weighted by atomic mass is 16.5. The number of hydrogen-bond donors (Lipinski definition) is 0. The van der Waals surface area contributed by atoms with E-state index in [9.17, 15) is 9.59 Å². The van der Waals surface area contributed by atoms with Gasteiger partial charge in [0.25, 0.3) is 5.91 Å². The van der Waals surface area contributed by atoms with Crippen LogP contribution in [0.15, 0.2) is 24.3 Å². The molecule has 0 spiro atoms. The number of hydrogen-bond acceptors (Lipinski definition) is 4. The Morgan fingerprint density at radius 3 is 2.83 bits per heavy atom. The third-order valence-corrected chi connectivity index (χ3v) is 4.70. The van der Waals surface area contributed by atoms with Crippen LogP contribution in [-0.2, 0) is 9.59 Å². The van der Waals surface area contributed by atoms with Gasteiger partial charge >= 0.3 is 0 Å². The maximum atomic E-state index is 12.4. The summed E-state index contributed by atoms with van der Waals surface area (Å²) in [5.41, 5.74) is 0. The molecular weight excluding hydrogens is 308 g/mol. The van der Waals surface area contributed by atoms with E-state index < -0.39 is 0 Å². The van der Waals surface area contributed by atoms with Crippen LogP contribution in [0.1, 0.15) is 25.7 Å². The molecule has 1 aromatic rings. The van der Waals surface area contributed by atoms with Crippen molar-refractivity contribution in [1.29, 1.82) is 0 Å². The van der Waals surface area contributed by atoms with Crippen LogP contribution in [0.2, 0.25) is 0 Å². The molecule has 2 aliphatic heterocycles. The highest BCUT2D eigenvalue weighted by molar-refractivity contribution is 5.79. The van der Waals surface area contributed by atoms with Gasteiger partial charge in [0, 0.05) is 38.2 Å². The number of methoxy groups -OCH3 is 1. The fraction of sp³-hybridized carbons (Fsp3) is 0.556. The molecule has 130 valence electrons. The van der Waals surface area contributed by atoms with Crippen molar-refractivity contribution >= 4 is 11.8 Å². The molecular formula is C18H24N2O4. The molecule has 6 heteroatoms. The van der Waals surface area contributed by atoms with Gasteiger partial charge in [0.1, 0.15) is 11.5 Å². The number of rotatable bonds is 5. The lowest BCUT2D eigenvalue weighted by Crippen LogP contribution is -2.51. The fourth-order valence-corrected chi connectivity index (χ4v) is 3.42. The molecule has 0 bridgehead atoms. The molecule has 3 rings (SSSR count). The number of amides is 2.